The van der Waals surface area contributed by atoms with Crippen molar-refractivity contribution in [1.29, 1.82) is 0 Å². The van der Waals surface area contributed by atoms with Gasteiger partial charge in [-0.15, -0.1) is 0 Å². The molecule has 0 aliphatic carbocycles. The van der Waals surface area contributed by atoms with Gasteiger partial charge < -0.3 is 19.6 Å². The number of fused-ring (bicyclic) bond motifs is 4. The number of benzene rings is 8. The number of anilines is 11. The van der Waals surface area contributed by atoms with Crippen molar-refractivity contribution in [2.75, 3.05) is 26.6 Å². The predicted molar refractivity (Wildman–Crippen MR) is 226 cm³/mol. The van der Waals surface area contributed by atoms with Crippen molar-refractivity contribution in [2.24, 2.45) is 0 Å². The SMILES string of the molecule is CN(c1ccc(N2c3ccccc3C(c3ccccc3)c3ccccc32)cc1)c1ccc(N2c3ccccc3N(c3ccccc3)c3ccccc32)cc1. The topological polar surface area (TPSA) is 13.0 Å². The first-order chi connectivity index (χ1) is 26.7. The molecule has 2 aliphatic rings. The molecule has 2 aliphatic heterocycles. The molecule has 0 aromatic heterocycles. The lowest BCUT2D eigenvalue weighted by Crippen LogP contribution is -2.23. The molecule has 8 aromatic rings. The highest BCUT2D eigenvalue weighted by atomic mass is 15.3. The average molecular weight is 695 g/mol. The van der Waals surface area contributed by atoms with Crippen LogP contribution in [0.15, 0.2) is 206 Å². The van der Waals surface area contributed by atoms with Crippen LogP contribution in [0.1, 0.15) is 22.6 Å². The second-order valence-corrected chi connectivity index (χ2v) is 13.9. The Hall–Kier alpha value is -7.04. The maximum absolute atomic E-state index is 2.41. The minimum absolute atomic E-state index is 0.179. The van der Waals surface area contributed by atoms with E-state index in [-0.39, 0.29) is 5.92 Å². The normalized spacial score (nSPS) is 13.1. The van der Waals surface area contributed by atoms with Crippen LogP contribution in [0.5, 0.6) is 0 Å². The molecule has 0 N–H and O–H groups in total. The number of hydrogen-bond acceptors (Lipinski definition) is 4. The summed E-state index contributed by atoms with van der Waals surface area (Å²) in [6.07, 6.45) is 0. The zero-order chi connectivity index (χ0) is 36.0. The average Bonchev–Trinajstić information content (AvgIpc) is 3.25. The van der Waals surface area contributed by atoms with Crippen LogP contribution in [-0.4, -0.2) is 7.05 Å². The van der Waals surface area contributed by atoms with Crippen molar-refractivity contribution in [2.45, 2.75) is 5.92 Å². The van der Waals surface area contributed by atoms with E-state index in [0.717, 1.165) is 51.2 Å². The molecule has 0 saturated heterocycles. The summed E-state index contributed by atoms with van der Waals surface area (Å²) in [4.78, 5) is 9.40. The second kappa shape index (κ2) is 13.2. The number of rotatable bonds is 6. The summed E-state index contributed by atoms with van der Waals surface area (Å²) < 4.78 is 0. The summed E-state index contributed by atoms with van der Waals surface area (Å²) in [5.74, 6) is 0.179. The molecule has 4 heteroatoms. The highest BCUT2D eigenvalue weighted by molar-refractivity contribution is 6.01. The Labute approximate surface area is 317 Å². The van der Waals surface area contributed by atoms with E-state index in [9.17, 15) is 0 Å². The monoisotopic (exact) mass is 694 g/mol. The second-order valence-electron chi connectivity index (χ2n) is 13.9. The molecule has 0 unspecified atom stereocenters. The number of hydrogen-bond donors (Lipinski definition) is 0. The fraction of sp³-hybridized carbons (Fsp3) is 0.0400. The van der Waals surface area contributed by atoms with Gasteiger partial charge in [0.15, 0.2) is 0 Å². The van der Waals surface area contributed by atoms with Gasteiger partial charge in [-0.2, -0.15) is 0 Å². The molecule has 0 bridgehead atoms. The fourth-order valence-electron chi connectivity index (χ4n) is 8.33. The summed E-state index contributed by atoms with van der Waals surface area (Å²) in [7, 11) is 2.14. The van der Waals surface area contributed by atoms with Gasteiger partial charge in [0, 0.05) is 41.4 Å². The predicted octanol–water partition coefficient (Wildman–Crippen LogP) is 13.7. The first-order valence-corrected chi connectivity index (χ1v) is 18.5. The Morgan fingerprint density at radius 3 is 1.06 bits per heavy atom. The summed E-state index contributed by atoms with van der Waals surface area (Å²) in [6, 6.07) is 74.3. The lowest BCUT2D eigenvalue weighted by atomic mass is 9.80. The first kappa shape index (κ1) is 31.7. The van der Waals surface area contributed by atoms with E-state index in [0.29, 0.717) is 0 Å². The Morgan fingerprint density at radius 1 is 0.315 bits per heavy atom. The van der Waals surface area contributed by atoms with Crippen molar-refractivity contribution >= 4 is 62.6 Å². The Morgan fingerprint density at radius 2 is 0.630 bits per heavy atom. The smallest absolute Gasteiger partial charge is 0.0703 e. The quantitative estimate of drug-likeness (QED) is 0.172. The molecule has 0 fully saturated rings. The van der Waals surface area contributed by atoms with Crippen LogP contribution in [0.2, 0.25) is 0 Å². The fourth-order valence-corrected chi connectivity index (χ4v) is 8.33. The van der Waals surface area contributed by atoms with Crippen molar-refractivity contribution in [3.05, 3.63) is 223 Å². The van der Waals surface area contributed by atoms with Gasteiger partial charge in [0.25, 0.3) is 0 Å². The first-order valence-electron chi connectivity index (χ1n) is 18.5. The van der Waals surface area contributed by atoms with Gasteiger partial charge in [0.05, 0.1) is 34.1 Å². The molecular weight excluding hydrogens is 657 g/mol. The van der Waals surface area contributed by atoms with Gasteiger partial charge in [-0.05, 0) is 114 Å². The highest BCUT2D eigenvalue weighted by Gasteiger charge is 2.32. The van der Waals surface area contributed by atoms with E-state index >= 15 is 0 Å². The third kappa shape index (κ3) is 5.22. The molecule has 10 rings (SSSR count). The Bertz CT molecular complexity index is 2310. The van der Waals surface area contributed by atoms with Gasteiger partial charge in [-0.3, -0.25) is 0 Å². The molecular formula is C50H38N4. The van der Waals surface area contributed by atoms with E-state index in [1.807, 2.05) is 0 Å². The van der Waals surface area contributed by atoms with Crippen molar-refractivity contribution in [3.8, 4) is 0 Å². The molecule has 8 aromatic carbocycles. The molecule has 0 spiro atoms. The van der Waals surface area contributed by atoms with Crippen LogP contribution in [0.25, 0.3) is 0 Å². The molecule has 0 amide bonds. The summed E-state index contributed by atoms with van der Waals surface area (Å²) in [5, 5.41) is 0. The molecule has 54 heavy (non-hydrogen) atoms. The molecule has 258 valence electrons. The van der Waals surface area contributed by atoms with Gasteiger partial charge >= 0.3 is 0 Å². The molecule has 0 atom stereocenters. The minimum atomic E-state index is 0.179. The largest absolute Gasteiger partial charge is 0.345 e. The Kier molecular flexibility index (Phi) is 7.73. The summed E-state index contributed by atoms with van der Waals surface area (Å²) >= 11 is 0. The van der Waals surface area contributed by atoms with Crippen LogP contribution in [0.4, 0.5) is 62.6 Å². The summed E-state index contributed by atoms with van der Waals surface area (Å²) in [6.45, 7) is 0. The third-order valence-corrected chi connectivity index (χ3v) is 10.8. The lowest BCUT2D eigenvalue weighted by molar-refractivity contribution is 0.939. The van der Waals surface area contributed by atoms with Crippen LogP contribution in [-0.2, 0) is 0 Å². The van der Waals surface area contributed by atoms with Crippen LogP contribution in [0.3, 0.4) is 0 Å². The van der Waals surface area contributed by atoms with E-state index in [4.69, 9.17) is 0 Å². The van der Waals surface area contributed by atoms with Gasteiger partial charge in [0.1, 0.15) is 0 Å². The van der Waals surface area contributed by atoms with Gasteiger partial charge in [-0.1, -0.05) is 109 Å². The van der Waals surface area contributed by atoms with Crippen molar-refractivity contribution in [3.63, 3.8) is 0 Å². The zero-order valence-corrected chi connectivity index (χ0v) is 30.0. The molecule has 2 heterocycles. The van der Waals surface area contributed by atoms with Gasteiger partial charge in [-0.25, -0.2) is 0 Å². The minimum Gasteiger partial charge on any atom is -0.345 e. The van der Waals surface area contributed by atoms with Crippen molar-refractivity contribution < 1.29 is 0 Å². The third-order valence-electron chi connectivity index (χ3n) is 10.8. The van der Waals surface area contributed by atoms with Crippen LogP contribution >= 0.6 is 0 Å². The lowest BCUT2D eigenvalue weighted by Gasteiger charge is -2.40. The zero-order valence-electron chi connectivity index (χ0n) is 30.0. The molecule has 0 saturated carbocycles. The summed E-state index contributed by atoms with van der Waals surface area (Å²) in [5.41, 5.74) is 16.6. The maximum Gasteiger partial charge on any atom is 0.0703 e. The van der Waals surface area contributed by atoms with Crippen LogP contribution in [0, 0.1) is 0 Å². The van der Waals surface area contributed by atoms with E-state index in [2.05, 4.69) is 233 Å². The van der Waals surface area contributed by atoms with E-state index in [1.165, 1.54) is 28.1 Å². The van der Waals surface area contributed by atoms with E-state index < -0.39 is 0 Å². The molecule has 0 radical (unpaired) electrons. The highest BCUT2D eigenvalue weighted by Crippen LogP contribution is 2.54. The molecule has 4 nitrogen and oxygen atoms in total. The van der Waals surface area contributed by atoms with Gasteiger partial charge in [0.2, 0.25) is 0 Å². The Balaban J connectivity index is 0.962. The van der Waals surface area contributed by atoms with Crippen LogP contribution < -0.4 is 19.6 Å². The van der Waals surface area contributed by atoms with E-state index in [1.54, 1.807) is 0 Å². The van der Waals surface area contributed by atoms with Crippen molar-refractivity contribution in [1.82, 2.24) is 0 Å². The number of para-hydroxylation sites is 7. The maximum atomic E-state index is 2.41. The standard InChI is InChI=1S/C50H38N4/c1-51(37-28-32-40(33-29-37)52-44-22-10-8-20-42(44)50(36-16-4-2-5-17-36)43-21-9-11-23-45(43)52)38-30-34-41(35-31-38)54-48-26-14-12-24-46(48)53(39-18-6-3-7-19-39)47-25-13-15-27-49(47)54/h2-35,50H,1H3. The number of nitrogens with zero attached hydrogens (tertiary/aromatic N) is 4.